The van der Waals surface area contributed by atoms with Gasteiger partial charge in [-0.25, -0.2) is 14.0 Å². The summed E-state index contributed by atoms with van der Waals surface area (Å²) in [5.41, 5.74) is 3.75. The summed E-state index contributed by atoms with van der Waals surface area (Å²) in [7, 11) is 1.55. The molecule has 8 heteroatoms. The maximum atomic E-state index is 13.2. The molecular weight excluding hydrogens is 473 g/mol. The minimum absolute atomic E-state index is 0.177. The van der Waals surface area contributed by atoms with Crippen molar-refractivity contribution >= 4 is 23.4 Å². The van der Waals surface area contributed by atoms with Crippen LogP contribution in [-0.2, 0) is 13.0 Å². The van der Waals surface area contributed by atoms with Gasteiger partial charge in [0.15, 0.2) is 0 Å². The maximum absolute atomic E-state index is 13.2. The first-order valence-corrected chi connectivity index (χ1v) is 12.4. The minimum atomic E-state index is -1.03. The van der Waals surface area contributed by atoms with Crippen molar-refractivity contribution in [3.63, 3.8) is 0 Å². The topological polar surface area (TPSA) is 90.9 Å². The fourth-order valence-electron chi connectivity index (χ4n) is 4.81. The van der Waals surface area contributed by atoms with Gasteiger partial charge in [0.05, 0.1) is 18.4 Å². The molecule has 3 aromatic carbocycles. The quantitative estimate of drug-likeness (QED) is 0.353. The fourth-order valence-corrected chi connectivity index (χ4v) is 4.81. The predicted octanol–water partition coefficient (Wildman–Crippen LogP) is 5.94. The highest BCUT2D eigenvalue weighted by Gasteiger charge is 2.24. The smallest absolute Gasteiger partial charge is 0.336 e. The lowest BCUT2D eigenvalue weighted by Gasteiger charge is -2.33. The molecule has 3 N–H and O–H groups in total. The van der Waals surface area contributed by atoms with Gasteiger partial charge in [0.25, 0.3) is 0 Å². The number of rotatable bonds is 8. The van der Waals surface area contributed by atoms with Gasteiger partial charge in [0.1, 0.15) is 11.6 Å². The molecule has 1 aliphatic heterocycles. The second kappa shape index (κ2) is 11.9. The van der Waals surface area contributed by atoms with Crippen LogP contribution < -0.4 is 15.4 Å². The molecule has 0 unspecified atom stereocenters. The average Bonchev–Trinajstić information content (AvgIpc) is 2.88. The molecule has 1 heterocycles. The van der Waals surface area contributed by atoms with Crippen LogP contribution in [0.15, 0.2) is 60.7 Å². The molecule has 1 saturated heterocycles. The van der Waals surface area contributed by atoms with Crippen LogP contribution in [0.25, 0.3) is 0 Å². The molecule has 2 amide bonds. The van der Waals surface area contributed by atoms with Gasteiger partial charge in [-0.15, -0.1) is 0 Å². The van der Waals surface area contributed by atoms with E-state index in [1.54, 1.807) is 43.5 Å². The molecule has 4 rings (SSSR count). The number of aryl methyl sites for hydroxylation is 1. The second-order valence-electron chi connectivity index (χ2n) is 9.45. The first kappa shape index (κ1) is 26.2. The minimum Gasteiger partial charge on any atom is -0.497 e. The van der Waals surface area contributed by atoms with Crippen LogP contribution in [0.3, 0.4) is 0 Å². The third kappa shape index (κ3) is 6.86. The van der Waals surface area contributed by atoms with Crippen molar-refractivity contribution in [2.75, 3.05) is 30.8 Å². The molecule has 1 fully saturated rings. The number of carboxylic acid groups (broad SMARTS) is 1. The fraction of sp³-hybridized carbons (Fsp3) is 0.310. The molecule has 1 aliphatic rings. The lowest BCUT2D eigenvalue weighted by atomic mass is 9.89. The van der Waals surface area contributed by atoms with Gasteiger partial charge in [-0.1, -0.05) is 24.3 Å². The van der Waals surface area contributed by atoms with Crippen molar-refractivity contribution in [3.8, 4) is 5.75 Å². The monoisotopic (exact) mass is 505 g/mol. The Bertz CT molecular complexity index is 1250. The zero-order valence-corrected chi connectivity index (χ0v) is 21.1. The summed E-state index contributed by atoms with van der Waals surface area (Å²) >= 11 is 0. The largest absolute Gasteiger partial charge is 0.497 e. The van der Waals surface area contributed by atoms with Crippen LogP contribution in [-0.4, -0.2) is 42.2 Å². The van der Waals surface area contributed by atoms with E-state index in [1.807, 2.05) is 19.1 Å². The first-order chi connectivity index (χ1) is 17.8. The summed E-state index contributed by atoms with van der Waals surface area (Å²) in [6.07, 6.45) is 2.82. The number of likely N-dealkylation sites (tertiary alicyclic amines) is 1. The molecule has 37 heavy (non-hydrogen) atoms. The summed E-state index contributed by atoms with van der Waals surface area (Å²) in [6, 6.07) is 16.5. The van der Waals surface area contributed by atoms with E-state index in [1.165, 1.54) is 12.1 Å². The van der Waals surface area contributed by atoms with Crippen LogP contribution in [0.4, 0.5) is 20.6 Å². The van der Waals surface area contributed by atoms with E-state index < -0.39 is 12.0 Å². The highest BCUT2D eigenvalue weighted by molar-refractivity contribution is 6.02. The van der Waals surface area contributed by atoms with E-state index in [9.17, 15) is 19.1 Å². The van der Waals surface area contributed by atoms with Crippen LogP contribution in [0.2, 0.25) is 0 Å². The number of carboxylic acids is 1. The molecule has 0 aliphatic carbocycles. The second-order valence-corrected chi connectivity index (χ2v) is 9.45. The lowest BCUT2D eigenvalue weighted by molar-refractivity contribution is 0.0693. The number of urea groups is 1. The zero-order valence-electron chi connectivity index (χ0n) is 21.1. The number of carbonyl (C=O) groups is 2. The number of carbonyl (C=O) groups excluding carboxylic acids is 1. The van der Waals surface area contributed by atoms with E-state index in [4.69, 9.17) is 4.74 Å². The third-order valence-electron chi connectivity index (χ3n) is 6.84. The van der Waals surface area contributed by atoms with E-state index in [-0.39, 0.29) is 11.4 Å². The Morgan fingerprint density at radius 1 is 1.05 bits per heavy atom. The summed E-state index contributed by atoms with van der Waals surface area (Å²) in [5, 5.41) is 15.5. The van der Waals surface area contributed by atoms with Crippen molar-refractivity contribution in [2.24, 2.45) is 5.92 Å². The number of hydrogen-bond donors (Lipinski definition) is 3. The normalized spacial score (nSPS) is 14.2. The number of halogens is 1. The maximum Gasteiger partial charge on any atom is 0.336 e. The molecule has 0 atom stereocenters. The number of aromatic carboxylic acids is 1. The van der Waals surface area contributed by atoms with Gasteiger partial charge in [0.2, 0.25) is 0 Å². The molecule has 0 saturated carbocycles. The molecule has 0 radical (unpaired) electrons. The van der Waals surface area contributed by atoms with Crippen LogP contribution in [0.5, 0.6) is 5.75 Å². The summed E-state index contributed by atoms with van der Waals surface area (Å²) in [5.74, 6) is -0.153. The number of nitrogens with one attached hydrogen (secondary N) is 2. The van der Waals surface area contributed by atoms with Crippen molar-refractivity contribution in [1.82, 2.24) is 4.90 Å². The van der Waals surface area contributed by atoms with Crippen molar-refractivity contribution in [3.05, 3.63) is 88.7 Å². The number of methoxy groups -OCH3 is 1. The van der Waals surface area contributed by atoms with Crippen LogP contribution in [0, 0.1) is 18.7 Å². The molecule has 0 spiro atoms. The highest BCUT2D eigenvalue weighted by Crippen LogP contribution is 2.29. The first-order valence-electron chi connectivity index (χ1n) is 12.4. The standard InChI is InChI=1S/C29H32FN3O4/c1-19-6-11-25(28(34)35)26(27(19)32-29(36)31-23-4-3-5-24(17-23)37-2)18-33-14-12-21(13-15-33)16-20-7-9-22(30)10-8-20/h3-11,17,21H,12-16,18H2,1-2H3,(H,34,35)(H2,31,32,36). The molecule has 7 nitrogen and oxygen atoms in total. The van der Waals surface area contributed by atoms with Crippen molar-refractivity contribution in [1.29, 1.82) is 0 Å². The van der Waals surface area contributed by atoms with Gasteiger partial charge >= 0.3 is 12.0 Å². The van der Waals surface area contributed by atoms with E-state index >= 15 is 0 Å². The van der Waals surface area contributed by atoms with Gasteiger partial charge in [0, 0.05) is 23.9 Å². The predicted molar refractivity (Wildman–Crippen MR) is 142 cm³/mol. The Kier molecular flexibility index (Phi) is 8.40. The Morgan fingerprint density at radius 2 is 1.78 bits per heavy atom. The SMILES string of the molecule is COc1cccc(NC(=O)Nc2c(C)ccc(C(=O)O)c2CN2CCC(Cc3ccc(F)cc3)CC2)c1. The molecule has 0 bridgehead atoms. The number of ether oxygens (including phenoxy) is 1. The zero-order chi connectivity index (χ0) is 26.4. The van der Waals surface area contributed by atoms with Crippen molar-refractivity contribution < 1.29 is 23.8 Å². The molecular formula is C29H32FN3O4. The van der Waals surface area contributed by atoms with Gasteiger partial charge in [-0.05, 0) is 86.7 Å². The third-order valence-corrected chi connectivity index (χ3v) is 6.84. The van der Waals surface area contributed by atoms with E-state index in [2.05, 4.69) is 15.5 Å². The summed E-state index contributed by atoms with van der Waals surface area (Å²) in [6.45, 7) is 3.90. The number of piperidine rings is 1. The van der Waals surface area contributed by atoms with Crippen LogP contribution in [0.1, 0.15) is 39.9 Å². The molecule has 194 valence electrons. The summed E-state index contributed by atoms with van der Waals surface area (Å²) in [4.78, 5) is 27.1. The van der Waals surface area contributed by atoms with Gasteiger partial charge < -0.3 is 20.5 Å². The van der Waals surface area contributed by atoms with Gasteiger partial charge in [-0.3, -0.25) is 4.90 Å². The number of benzene rings is 3. The summed E-state index contributed by atoms with van der Waals surface area (Å²) < 4.78 is 18.4. The van der Waals surface area contributed by atoms with Gasteiger partial charge in [-0.2, -0.15) is 0 Å². The number of anilines is 2. The Balaban J connectivity index is 1.45. The Hall–Kier alpha value is -3.91. The lowest BCUT2D eigenvalue weighted by Crippen LogP contribution is -2.35. The molecule has 0 aromatic heterocycles. The van der Waals surface area contributed by atoms with Crippen molar-refractivity contribution in [2.45, 2.75) is 32.7 Å². The molecule has 3 aromatic rings. The van der Waals surface area contributed by atoms with E-state index in [0.717, 1.165) is 43.5 Å². The average molecular weight is 506 g/mol. The Labute approximate surface area is 216 Å². The highest BCUT2D eigenvalue weighted by atomic mass is 19.1. The number of nitrogens with zero attached hydrogens (tertiary/aromatic N) is 1. The van der Waals surface area contributed by atoms with Crippen LogP contribution >= 0.6 is 0 Å². The number of hydrogen-bond acceptors (Lipinski definition) is 4. The Morgan fingerprint density at radius 3 is 2.46 bits per heavy atom. The van der Waals surface area contributed by atoms with E-state index in [0.29, 0.717) is 35.2 Å². The number of amides is 2.